The Morgan fingerprint density at radius 3 is 2.83 bits per heavy atom. The lowest BCUT2D eigenvalue weighted by atomic mass is 9.92. The fourth-order valence-electron chi connectivity index (χ4n) is 4.47. The molecule has 5 rings (SSSR count). The Bertz CT molecular complexity index is 1260. The lowest BCUT2D eigenvalue weighted by Crippen LogP contribution is -2.12. The van der Waals surface area contributed by atoms with E-state index in [9.17, 15) is 18.7 Å². The summed E-state index contributed by atoms with van der Waals surface area (Å²) in [4.78, 5) is 12.2. The second-order valence-electron chi connectivity index (χ2n) is 7.60. The number of hydrazone groups is 1. The van der Waals surface area contributed by atoms with E-state index in [-0.39, 0.29) is 16.9 Å². The first kappa shape index (κ1) is 17.8. The van der Waals surface area contributed by atoms with E-state index in [1.807, 2.05) is 0 Å². The van der Waals surface area contributed by atoms with Gasteiger partial charge >= 0.3 is 5.63 Å². The standard InChI is InChI=1S/C22H18F2N2O3/c1-10-7-18-20(12-3-2-4-13(12)22(28)29-18)21(27)19(10)17-9-16(25-26-17)14-8-11(23)5-6-15(14)24/h5-8,16,25,27H,2-4,9H2,1H3. The normalized spacial score (nSPS) is 18.0. The van der Waals surface area contributed by atoms with Gasteiger partial charge in [0, 0.05) is 23.1 Å². The second kappa shape index (κ2) is 6.40. The van der Waals surface area contributed by atoms with Gasteiger partial charge in [0.25, 0.3) is 0 Å². The Morgan fingerprint density at radius 1 is 1.21 bits per heavy atom. The van der Waals surface area contributed by atoms with Gasteiger partial charge in [-0.15, -0.1) is 0 Å². The molecule has 0 radical (unpaired) electrons. The van der Waals surface area contributed by atoms with E-state index in [4.69, 9.17) is 4.42 Å². The molecule has 2 heterocycles. The zero-order valence-electron chi connectivity index (χ0n) is 15.7. The van der Waals surface area contributed by atoms with Crippen LogP contribution in [0.1, 0.15) is 46.7 Å². The van der Waals surface area contributed by atoms with E-state index < -0.39 is 17.7 Å². The molecule has 0 saturated heterocycles. The SMILES string of the molecule is Cc1cc2oc(=O)c3c(c2c(O)c1C1=NNC(c2cc(F)ccc2F)C1)CCC3. The average Bonchev–Trinajstić information content (AvgIpc) is 3.33. The van der Waals surface area contributed by atoms with Gasteiger partial charge < -0.3 is 14.9 Å². The first-order valence-corrected chi connectivity index (χ1v) is 9.52. The Balaban J connectivity index is 1.60. The third kappa shape index (κ3) is 2.72. The molecule has 0 saturated carbocycles. The number of phenols is 1. The van der Waals surface area contributed by atoms with Crippen LogP contribution in [-0.2, 0) is 12.8 Å². The summed E-state index contributed by atoms with van der Waals surface area (Å²) in [6.07, 6.45) is 2.47. The minimum atomic E-state index is -0.533. The van der Waals surface area contributed by atoms with Gasteiger partial charge in [0.05, 0.1) is 17.1 Å². The van der Waals surface area contributed by atoms with Crippen LogP contribution < -0.4 is 11.1 Å². The molecule has 5 nitrogen and oxygen atoms in total. The number of phenolic OH excluding ortho intramolecular Hbond substituents is 1. The van der Waals surface area contributed by atoms with Crippen molar-refractivity contribution in [3.05, 3.63) is 74.1 Å². The molecule has 0 spiro atoms. The molecule has 2 aromatic carbocycles. The van der Waals surface area contributed by atoms with E-state index in [0.717, 1.165) is 30.2 Å². The van der Waals surface area contributed by atoms with Crippen LogP contribution in [0.4, 0.5) is 8.78 Å². The first-order valence-electron chi connectivity index (χ1n) is 9.52. The van der Waals surface area contributed by atoms with Crippen LogP contribution in [-0.4, -0.2) is 10.8 Å². The van der Waals surface area contributed by atoms with Crippen LogP contribution in [0.15, 0.2) is 38.6 Å². The third-order valence-electron chi connectivity index (χ3n) is 5.81. The molecule has 0 bridgehead atoms. The number of aryl methyl sites for hydroxylation is 2. The van der Waals surface area contributed by atoms with E-state index in [1.54, 1.807) is 13.0 Å². The molecular weight excluding hydrogens is 378 g/mol. The Kier molecular flexibility index (Phi) is 3.94. The van der Waals surface area contributed by atoms with Gasteiger partial charge in [0.1, 0.15) is 23.0 Å². The second-order valence-corrected chi connectivity index (χ2v) is 7.60. The van der Waals surface area contributed by atoms with Gasteiger partial charge in [-0.3, -0.25) is 0 Å². The number of hydrogen-bond acceptors (Lipinski definition) is 5. The molecular formula is C22H18F2N2O3. The summed E-state index contributed by atoms with van der Waals surface area (Å²) in [7, 11) is 0. The fourth-order valence-corrected chi connectivity index (χ4v) is 4.47. The smallest absolute Gasteiger partial charge is 0.339 e. The summed E-state index contributed by atoms with van der Waals surface area (Å²) in [5.74, 6) is -1.02. The highest BCUT2D eigenvalue weighted by Gasteiger charge is 2.29. The number of hydrogen-bond donors (Lipinski definition) is 2. The number of halogens is 2. The van der Waals surface area contributed by atoms with Crippen LogP contribution in [0.2, 0.25) is 0 Å². The summed E-state index contributed by atoms with van der Waals surface area (Å²) in [6, 6.07) is 4.51. The molecule has 2 aliphatic rings. The van der Waals surface area contributed by atoms with Crippen LogP contribution in [0.3, 0.4) is 0 Å². The van der Waals surface area contributed by atoms with Crippen molar-refractivity contribution in [2.75, 3.05) is 0 Å². The molecule has 0 amide bonds. The lowest BCUT2D eigenvalue weighted by molar-refractivity contribution is 0.476. The van der Waals surface area contributed by atoms with Crippen molar-refractivity contribution in [3.63, 3.8) is 0 Å². The number of nitrogens with zero attached hydrogens (tertiary/aromatic N) is 1. The molecule has 29 heavy (non-hydrogen) atoms. The summed E-state index contributed by atoms with van der Waals surface area (Å²) >= 11 is 0. The number of fused-ring (bicyclic) bond motifs is 3. The highest BCUT2D eigenvalue weighted by atomic mass is 19.1. The van der Waals surface area contributed by atoms with Gasteiger partial charge in [0.2, 0.25) is 0 Å². The zero-order chi connectivity index (χ0) is 20.3. The number of benzene rings is 2. The molecule has 1 atom stereocenters. The fraction of sp³-hybridized carbons (Fsp3) is 0.273. The summed E-state index contributed by atoms with van der Waals surface area (Å²) in [5.41, 5.74) is 6.27. The predicted molar refractivity (Wildman–Crippen MR) is 104 cm³/mol. The monoisotopic (exact) mass is 396 g/mol. The lowest BCUT2D eigenvalue weighted by Gasteiger charge is -2.14. The zero-order valence-corrected chi connectivity index (χ0v) is 15.7. The van der Waals surface area contributed by atoms with Crippen LogP contribution in [0, 0.1) is 18.6 Å². The van der Waals surface area contributed by atoms with Crippen LogP contribution in [0.25, 0.3) is 11.0 Å². The Hall–Kier alpha value is -3.22. The molecule has 3 aromatic rings. The van der Waals surface area contributed by atoms with Gasteiger partial charge in [0.15, 0.2) is 0 Å². The van der Waals surface area contributed by atoms with Crippen molar-refractivity contribution in [1.82, 2.24) is 5.43 Å². The number of nitrogens with one attached hydrogen (secondary N) is 1. The third-order valence-corrected chi connectivity index (χ3v) is 5.81. The van der Waals surface area contributed by atoms with Crippen molar-refractivity contribution in [1.29, 1.82) is 0 Å². The van der Waals surface area contributed by atoms with E-state index >= 15 is 0 Å². The minimum Gasteiger partial charge on any atom is -0.506 e. The minimum absolute atomic E-state index is 0.0165. The van der Waals surface area contributed by atoms with Gasteiger partial charge in [-0.05, 0) is 61.6 Å². The summed E-state index contributed by atoms with van der Waals surface area (Å²) in [5, 5.41) is 15.9. The maximum atomic E-state index is 14.2. The predicted octanol–water partition coefficient (Wildman–Crippen LogP) is 4.01. The molecule has 1 aliphatic carbocycles. The quantitative estimate of drug-likeness (QED) is 0.642. The molecule has 1 aliphatic heterocycles. The molecule has 1 unspecified atom stereocenters. The van der Waals surface area contributed by atoms with Crippen molar-refractivity contribution in [2.24, 2.45) is 5.10 Å². The molecule has 148 valence electrons. The van der Waals surface area contributed by atoms with Gasteiger partial charge in [-0.1, -0.05) is 0 Å². The van der Waals surface area contributed by atoms with E-state index in [1.165, 1.54) is 0 Å². The molecule has 1 aromatic heterocycles. The topological polar surface area (TPSA) is 74.8 Å². The molecule has 0 fully saturated rings. The Morgan fingerprint density at radius 2 is 2.00 bits per heavy atom. The van der Waals surface area contributed by atoms with Crippen molar-refractivity contribution in [3.8, 4) is 5.75 Å². The molecule has 2 N–H and O–H groups in total. The maximum absolute atomic E-state index is 14.2. The summed E-state index contributed by atoms with van der Waals surface area (Å²) in [6.45, 7) is 1.79. The number of aromatic hydroxyl groups is 1. The summed E-state index contributed by atoms with van der Waals surface area (Å²) < 4.78 is 33.2. The van der Waals surface area contributed by atoms with Gasteiger partial charge in [-0.25, -0.2) is 13.6 Å². The highest BCUT2D eigenvalue weighted by Crippen LogP contribution is 2.39. The van der Waals surface area contributed by atoms with E-state index in [0.29, 0.717) is 52.6 Å². The van der Waals surface area contributed by atoms with Crippen molar-refractivity contribution in [2.45, 2.75) is 38.6 Å². The van der Waals surface area contributed by atoms with E-state index in [2.05, 4.69) is 10.5 Å². The van der Waals surface area contributed by atoms with Gasteiger partial charge in [-0.2, -0.15) is 5.10 Å². The van der Waals surface area contributed by atoms with Crippen LogP contribution >= 0.6 is 0 Å². The van der Waals surface area contributed by atoms with Crippen LogP contribution in [0.5, 0.6) is 5.75 Å². The largest absolute Gasteiger partial charge is 0.506 e. The first-order chi connectivity index (χ1) is 13.9. The number of rotatable bonds is 2. The Labute approximate surface area is 164 Å². The maximum Gasteiger partial charge on any atom is 0.339 e. The average molecular weight is 396 g/mol. The van der Waals surface area contributed by atoms with Crippen molar-refractivity contribution < 1.29 is 18.3 Å². The highest BCUT2D eigenvalue weighted by molar-refractivity contribution is 6.09. The molecule has 7 heteroatoms. The van der Waals surface area contributed by atoms with Crippen molar-refractivity contribution >= 4 is 16.7 Å².